The quantitative estimate of drug-likeness (QED) is 0.244. The van der Waals surface area contributed by atoms with Gasteiger partial charge in [-0.15, -0.1) is 24.0 Å². The van der Waals surface area contributed by atoms with Gasteiger partial charge in [0.1, 0.15) is 12.4 Å². The predicted octanol–water partition coefficient (Wildman–Crippen LogP) is 3.55. The van der Waals surface area contributed by atoms with Crippen molar-refractivity contribution >= 4 is 46.9 Å². The minimum absolute atomic E-state index is 0. The predicted molar refractivity (Wildman–Crippen MR) is 138 cm³/mol. The molecule has 1 aromatic heterocycles. The molecule has 2 N–H and O–H groups in total. The van der Waals surface area contributed by atoms with Crippen molar-refractivity contribution < 1.29 is 4.79 Å². The van der Waals surface area contributed by atoms with Gasteiger partial charge in [-0.25, -0.2) is 9.98 Å². The number of carbonyl (C=O) groups excluding carboxylic acids is 1. The number of rotatable bonds is 7. The number of para-hydroxylation sites is 2. The van der Waals surface area contributed by atoms with E-state index in [4.69, 9.17) is 0 Å². The summed E-state index contributed by atoms with van der Waals surface area (Å²) in [7, 11) is 3.53. The van der Waals surface area contributed by atoms with Crippen molar-refractivity contribution in [2.45, 2.75) is 58.5 Å². The normalized spacial score (nSPS) is 19.0. The van der Waals surface area contributed by atoms with Crippen molar-refractivity contribution in [3.63, 3.8) is 0 Å². The molecule has 7 nitrogen and oxygen atoms in total. The number of fused-ring (bicyclic) bond motifs is 1. The number of benzene rings is 1. The van der Waals surface area contributed by atoms with Crippen LogP contribution in [0.1, 0.15) is 44.9 Å². The SMILES string of the molecule is Cc1nc2ccccc2n1CCCNC(=NCC(=O)N(C)C)NC1CCCCC1C.I. The molecular weight excluding hydrogens is 503 g/mol. The number of hydrogen-bond acceptors (Lipinski definition) is 3. The highest BCUT2D eigenvalue weighted by atomic mass is 127. The highest BCUT2D eigenvalue weighted by Crippen LogP contribution is 2.23. The largest absolute Gasteiger partial charge is 0.356 e. The number of nitrogens with zero attached hydrogens (tertiary/aromatic N) is 4. The lowest BCUT2D eigenvalue weighted by atomic mass is 9.86. The first-order chi connectivity index (χ1) is 14.5. The van der Waals surface area contributed by atoms with Gasteiger partial charge in [-0.05, 0) is 44.2 Å². The van der Waals surface area contributed by atoms with Gasteiger partial charge in [0.15, 0.2) is 5.96 Å². The molecule has 172 valence electrons. The lowest BCUT2D eigenvalue weighted by molar-refractivity contribution is -0.127. The molecular formula is C23H37IN6O. The number of hydrogen-bond donors (Lipinski definition) is 2. The van der Waals surface area contributed by atoms with Gasteiger partial charge >= 0.3 is 0 Å². The maximum Gasteiger partial charge on any atom is 0.243 e. The molecule has 0 spiro atoms. The maximum atomic E-state index is 12.0. The van der Waals surface area contributed by atoms with Crippen LogP contribution < -0.4 is 10.6 Å². The van der Waals surface area contributed by atoms with Crippen molar-refractivity contribution in [1.29, 1.82) is 0 Å². The fraction of sp³-hybridized carbons (Fsp3) is 0.609. The Morgan fingerprint density at radius 2 is 2.00 bits per heavy atom. The van der Waals surface area contributed by atoms with E-state index in [2.05, 4.69) is 57.2 Å². The first-order valence-corrected chi connectivity index (χ1v) is 11.1. The summed E-state index contributed by atoms with van der Waals surface area (Å²) in [6, 6.07) is 8.67. The minimum atomic E-state index is 0. The second-order valence-corrected chi connectivity index (χ2v) is 8.55. The summed E-state index contributed by atoms with van der Waals surface area (Å²) in [6.07, 6.45) is 5.90. The number of carbonyl (C=O) groups is 1. The van der Waals surface area contributed by atoms with Gasteiger partial charge in [0.2, 0.25) is 5.91 Å². The number of aryl methyl sites for hydroxylation is 2. The van der Waals surface area contributed by atoms with E-state index in [0.717, 1.165) is 43.2 Å². The molecule has 2 unspecified atom stereocenters. The summed E-state index contributed by atoms with van der Waals surface area (Å²) in [6.45, 7) is 6.19. The molecule has 2 atom stereocenters. The fourth-order valence-corrected chi connectivity index (χ4v) is 4.07. The maximum absolute atomic E-state index is 12.0. The van der Waals surface area contributed by atoms with Gasteiger partial charge in [-0.3, -0.25) is 4.79 Å². The summed E-state index contributed by atoms with van der Waals surface area (Å²) in [5.74, 6) is 2.41. The Morgan fingerprint density at radius 1 is 1.26 bits per heavy atom. The van der Waals surface area contributed by atoms with Crippen LogP contribution in [0.2, 0.25) is 0 Å². The molecule has 8 heteroatoms. The molecule has 1 aliphatic carbocycles. The molecule has 0 saturated heterocycles. The zero-order chi connectivity index (χ0) is 21.5. The minimum Gasteiger partial charge on any atom is -0.356 e. The van der Waals surface area contributed by atoms with Crippen LogP contribution in [0, 0.1) is 12.8 Å². The van der Waals surface area contributed by atoms with Gasteiger partial charge in [0.25, 0.3) is 0 Å². The van der Waals surface area contributed by atoms with Gasteiger partial charge in [0, 0.05) is 33.2 Å². The summed E-state index contributed by atoms with van der Waals surface area (Å²) < 4.78 is 2.26. The lowest BCUT2D eigenvalue weighted by Crippen LogP contribution is -2.48. The number of amides is 1. The van der Waals surface area contributed by atoms with Crippen molar-refractivity contribution in [1.82, 2.24) is 25.1 Å². The van der Waals surface area contributed by atoms with Gasteiger partial charge in [-0.1, -0.05) is 31.9 Å². The highest BCUT2D eigenvalue weighted by molar-refractivity contribution is 14.0. The van der Waals surface area contributed by atoms with E-state index in [1.165, 1.54) is 24.8 Å². The van der Waals surface area contributed by atoms with Crippen LogP contribution in [0.4, 0.5) is 0 Å². The molecule has 1 heterocycles. The van der Waals surface area contributed by atoms with Crippen molar-refractivity contribution in [2.75, 3.05) is 27.2 Å². The third kappa shape index (κ3) is 7.08. The van der Waals surface area contributed by atoms with Crippen LogP contribution in [0.3, 0.4) is 0 Å². The zero-order valence-electron chi connectivity index (χ0n) is 19.2. The summed E-state index contributed by atoms with van der Waals surface area (Å²) >= 11 is 0. The Bertz CT molecular complexity index is 878. The van der Waals surface area contributed by atoms with E-state index in [0.29, 0.717) is 12.0 Å². The number of guanidine groups is 1. The topological polar surface area (TPSA) is 74.5 Å². The van der Waals surface area contributed by atoms with Crippen LogP contribution in [0.15, 0.2) is 29.3 Å². The van der Waals surface area contributed by atoms with E-state index in [1.54, 1.807) is 19.0 Å². The second kappa shape index (κ2) is 12.3. The number of halogens is 1. The van der Waals surface area contributed by atoms with Crippen LogP contribution in [0.5, 0.6) is 0 Å². The number of likely N-dealkylation sites (N-methyl/N-ethyl adjacent to an activating group) is 1. The lowest BCUT2D eigenvalue weighted by Gasteiger charge is -2.31. The van der Waals surface area contributed by atoms with Crippen LogP contribution >= 0.6 is 24.0 Å². The summed E-state index contributed by atoms with van der Waals surface area (Å²) in [5.41, 5.74) is 2.22. The summed E-state index contributed by atoms with van der Waals surface area (Å²) in [4.78, 5) is 22.8. The summed E-state index contributed by atoms with van der Waals surface area (Å²) in [5, 5.41) is 7.03. The molecule has 1 saturated carbocycles. The van der Waals surface area contributed by atoms with Crippen LogP contribution in [-0.2, 0) is 11.3 Å². The Hall–Kier alpha value is -1.84. The molecule has 0 radical (unpaired) electrons. The van der Waals surface area contributed by atoms with Crippen LogP contribution in [-0.4, -0.2) is 59.5 Å². The van der Waals surface area contributed by atoms with Gasteiger partial charge < -0.3 is 20.1 Å². The van der Waals surface area contributed by atoms with Crippen molar-refractivity contribution in [3.05, 3.63) is 30.1 Å². The molecule has 31 heavy (non-hydrogen) atoms. The van der Waals surface area contributed by atoms with Crippen LogP contribution in [0.25, 0.3) is 11.0 Å². The van der Waals surface area contributed by atoms with Gasteiger partial charge in [-0.2, -0.15) is 0 Å². The molecule has 3 rings (SSSR count). The Morgan fingerprint density at radius 3 is 2.74 bits per heavy atom. The van der Waals surface area contributed by atoms with E-state index in [1.807, 2.05) is 6.07 Å². The Labute approximate surface area is 203 Å². The van der Waals surface area contributed by atoms with Gasteiger partial charge in [0.05, 0.1) is 11.0 Å². The standard InChI is InChI=1S/C23H36N6O.HI/c1-17-10-5-6-11-19(17)27-23(25-16-22(30)28(3)4)24-14-9-15-29-18(2)26-20-12-7-8-13-21(20)29;/h7-8,12-13,17,19H,5-6,9-11,14-16H2,1-4H3,(H2,24,25,27);1H. The molecule has 1 fully saturated rings. The average molecular weight is 540 g/mol. The molecule has 0 bridgehead atoms. The second-order valence-electron chi connectivity index (χ2n) is 8.55. The average Bonchev–Trinajstić information content (AvgIpc) is 3.05. The number of aliphatic imine (C=N–C) groups is 1. The molecule has 1 amide bonds. The van der Waals surface area contributed by atoms with Crippen molar-refractivity contribution in [2.24, 2.45) is 10.9 Å². The van der Waals surface area contributed by atoms with Crippen molar-refractivity contribution in [3.8, 4) is 0 Å². The monoisotopic (exact) mass is 540 g/mol. The molecule has 0 aliphatic heterocycles. The first-order valence-electron chi connectivity index (χ1n) is 11.1. The third-order valence-corrected chi connectivity index (χ3v) is 6.00. The number of nitrogens with one attached hydrogen (secondary N) is 2. The Kier molecular flexibility index (Phi) is 10.1. The molecule has 1 aromatic carbocycles. The van der Waals surface area contributed by atoms with E-state index < -0.39 is 0 Å². The smallest absolute Gasteiger partial charge is 0.243 e. The first kappa shape index (κ1) is 25.4. The third-order valence-electron chi connectivity index (χ3n) is 6.00. The van der Waals surface area contributed by atoms with E-state index in [9.17, 15) is 4.79 Å². The van der Waals surface area contributed by atoms with E-state index >= 15 is 0 Å². The fourth-order valence-electron chi connectivity index (χ4n) is 4.07. The molecule has 1 aliphatic rings. The number of imidazole rings is 1. The molecule has 2 aromatic rings. The highest BCUT2D eigenvalue weighted by Gasteiger charge is 2.22. The Balaban J connectivity index is 0.00000341. The zero-order valence-corrected chi connectivity index (χ0v) is 21.6. The van der Waals surface area contributed by atoms with E-state index in [-0.39, 0.29) is 36.4 Å². The number of aromatic nitrogens is 2.